The van der Waals surface area contributed by atoms with Crippen LogP contribution >= 0.6 is 0 Å². The number of unbranched alkanes of at least 4 members (excludes halogenated alkanes) is 5. The van der Waals surface area contributed by atoms with E-state index >= 15 is 0 Å². The van der Waals surface area contributed by atoms with Gasteiger partial charge in [-0.2, -0.15) is 0 Å². The lowest BCUT2D eigenvalue weighted by atomic mass is 9.95. The molecule has 0 spiro atoms. The summed E-state index contributed by atoms with van der Waals surface area (Å²) in [6, 6.07) is 0. The quantitative estimate of drug-likeness (QED) is 0.192. The van der Waals surface area contributed by atoms with Gasteiger partial charge in [-0.1, -0.05) is 32.1 Å². The molecule has 0 bridgehead atoms. The molecule has 0 aliphatic rings. The van der Waals surface area contributed by atoms with E-state index in [-0.39, 0.29) is 6.42 Å². The number of carboxylic acid groups (broad SMARTS) is 1. The summed E-state index contributed by atoms with van der Waals surface area (Å²) < 4.78 is 23.7. The maximum absolute atomic E-state index is 12.5. The van der Waals surface area contributed by atoms with Crippen LogP contribution in [-0.2, 0) is 33.3 Å². The van der Waals surface area contributed by atoms with Crippen molar-refractivity contribution in [1.82, 2.24) is 0 Å². The Balaban J connectivity index is 4.53. The van der Waals surface area contributed by atoms with Crippen LogP contribution in [0.2, 0.25) is 0 Å². The summed E-state index contributed by atoms with van der Waals surface area (Å²) in [5.41, 5.74) is 0. The predicted octanol–water partition coefficient (Wildman–Crippen LogP) is 3.65. The molecule has 3 atom stereocenters. The van der Waals surface area contributed by atoms with Gasteiger partial charge >= 0.3 is 24.2 Å². The van der Waals surface area contributed by atoms with Crippen molar-refractivity contribution in [2.45, 2.75) is 77.6 Å². The Morgan fingerprint density at radius 2 is 1.28 bits per heavy atom. The number of methoxy groups -OCH3 is 2. The van der Waals surface area contributed by atoms with Crippen molar-refractivity contribution < 1.29 is 48.0 Å². The minimum absolute atomic E-state index is 0.169. The molecule has 0 aromatic carbocycles. The summed E-state index contributed by atoms with van der Waals surface area (Å²) in [5.74, 6) is -2.22. The smallest absolute Gasteiger partial charge is 0.481 e. The van der Waals surface area contributed by atoms with E-state index in [1.54, 1.807) is 6.92 Å². The van der Waals surface area contributed by atoms with E-state index in [4.69, 9.17) is 19.3 Å². The van der Waals surface area contributed by atoms with Gasteiger partial charge in [0.05, 0.1) is 20.1 Å². The van der Waals surface area contributed by atoms with Crippen LogP contribution < -0.4 is 0 Å². The lowest BCUT2D eigenvalue weighted by Crippen LogP contribution is -2.34. The molecule has 3 unspecified atom stereocenters. The van der Waals surface area contributed by atoms with Gasteiger partial charge in [0.2, 0.25) is 6.29 Å². The highest BCUT2D eigenvalue weighted by molar-refractivity contribution is 5.74. The van der Waals surface area contributed by atoms with Gasteiger partial charge in [-0.05, 0) is 19.8 Å². The second kappa shape index (κ2) is 15.4. The Kier molecular flexibility index (Phi) is 14.1. The van der Waals surface area contributed by atoms with Crippen LogP contribution in [0, 0.1) is 5.92 Å². The van der Waals surface area contributed by atoms with Crippen LogP contribution in [0.3, 0.4) is 0 Å². The molecule has 10 heteroatoms. The number of hydrogen-bond acceptors (Lipinski definition) is 9. The first-order valence-corrected chi connectivity index (χ1v) is 9.62. The summed E-state index contributed by atoms with van der Waals surface area (Å²) in [6.07, 6.45) is 1.52. The Labute approximate surface area is 170 Å². The summed E-state index contributed by atoms with van der Waals surface area (Å²) in [7, 11) is 2.30. The van der Waals surface area contributed by atoms with Gasteiger partial charge in [0.25, 0.3) is 0 Å². The SMILES string of the molecule is COC(=O)OC(C)OC(=O)C(CCCCCCCCC(=O)O)C(C)OC(=O)OC. The van der Waals surface area contributed by atoms with Crippen molar-refractivity contribution >= 4 is 24.2 Å². The van der Waals surface area contributed by atoms with Crippen molar-refractivity contribution in [3.8, 4) is 0 Å². The number of rotatable bonds is 14. The monoisotopic (exact) mass is 420 g/mol. The summed E-state index contributed by atoms with van der Waals surface area (Å²) in [6.45, 7) is 2.93. The highest BCUT2D eigenvalue weighted by atomic mass is 16.8. The van der Waals surface area contributed by atoms with Crippen LogP contribution in [0.1, 0.15) is 65.2 Å². The molecule has 0 heterocycles. The number of carbonyl (C=O) groups excluding carboxylic acids is 3. The zero-order valence-corrected chi connectivity index (χ0v) is 17.5. The highest BCUT2D eigenvalue weighted by Gasteiger charge is 2.31. The normalized spacial score (nSPS) is 13.5. The first kappa shape index (κ1) is 26.5. The second-order valence-electron chi connectivity index (χ2n) is 6.51. The standard InChI is InChI=1S/C19H32O10/c1-13(27-18(23)25-3)15(17(22)28-14(2)29-19(24)26-4)11-9-7-5-6-8-10-12-16(20)21/h13-15H,5-12H2,1-4H3,(H,20,21). The summed E-state index contributed by atoms with van der Waals surface area (Å²) in [5, 5.41) is 8.60. The third kappa shape index (κ3) is 13.3. The van der Waals surface area contributed by atoms with Gasteiger partial charge < -0.3 is 28.8 Å². The molecule has 0 saturated heterocycles. The summed E-state index contributed by atoms with van der Waals surface area (Å²) in [4.78, 5) is 45.4. The molecule has 0 aromatic heterocycles. The second-order valence-corrected chi connectivity index (χ2v) is 6.51. The van der Waals surface area contributed by atoms with Crippen molar-refractivity contribution in [2.24, 2.45) is 5.92 Å². The van der Waals surface area contributed by atoms with Gasteiger partial charge in [0.15, 0.2) is 0 Å². The predicted molar refractivity (Wildman–Crippen MR) is 100 cm³/mol. The minimum atomic E-state index is -1.16. The Morgan fingerprint density at radius 1 is 0.759 bits per heavy atom. The molecule has 0 aliphatic carbocycles. The Bertz CT molecular complexity index is 519. The van der Waals surface area contributed by atoms with Crippen LogP contribution in [-0.4, -0.2) is 56.0 Å². The molecule has 0 saturated carbocycles. The maximum Gasteiger partial charge on any atom is 0.511 e. The third-order valence-corrected chi connectivity index (χ3v) is 4.18. The minimum Gasteiger partial charge on any atom is -0.481 e. The average molecular weight is 420 g/mol. The number of hydrogen-bond donors (Lipinski definition) is 1. The van der Waals surface area contributed by atoms with Crippen LogP contribution in [0.15, 0.2) is 0 Å². The third-order valence-electron chi connectivity index (χ3n) is 4.18. The molecule has 0 amide bonds. The van der Waals surface area contributed by atoms with Gasteiger partial charge in [0, 0.05) is 13.3 Å². The molecule has 0 fully saturated rings. The van der Waals surface area contributed by atoms with Crippen molar-refractivity contribution in [2.75, 3.05) is 14.2 Å². The van der Waals surface area contributed by atoms with E-state index in [2.05, 4.69) is 9.47 Å². The van der Waals surface area contributed by atoms with E-state index in [1.807, 2.05) is 0 Å². The number of aliphatic carboxylic acids is 1. The largest absolute Gasteiger partial charge is 0.511 e. The van der Waals surface area contributed by atoms with Gasteiger partial charge in [-0.25, -0.2) is 9.59 Å². The molecule has 168 valence electrons. The number of carbonyl (C=O) groups is 4. The van der Waals surface area contributed by atoms with E-state index in [0.717, 1.165) is 32.8 Å². The number of ether oxygens (including phenoxy) is 5. The fraction of sp³-hybridized carbons (Fsp3) is 0.789. The average Bonchev–Trinajstić information content (AvgIpc) is 2.65. The molecule has 0 radical (unpaired) electrons. The Hall–Kier alpha value is -2.52. The van der Waals surface area contributed by atoms with E-state index in [9.17, 15) is 19.2 Å². The van der Waals surface area contributed by atoms with E-state index in [0.29, 0.717) is 19.3 Å². The van der Waals surface area contributed by atoms with Crippen molar-refractivity contribution in [1.29, 1.82) is 0 Å². The first-order valence-electron chi connectivity index (χ1n) is 9.62. The van der Waals surface area contributed by atoms with Crippen LogP contribution in [0.5, 0.6) is 0 Å². The molecule has 1 N–H and O–H groups in total. The van der Waals surface area contributed by atoms with E-state index < -0.39 is 42.6 Å². The first-order chi connectivity index (χ1) is 13.7. The van der Waals surface area contributed by atoms with Crippen LogP contribution in [0.25, 0.3) is 0 Å². The Morgan fingerprint density at radius 3 is 1.83 bits per heavy atom. The number of carboxylic acids is 1. The van der Waals surface area contributed by atoms with Crippen LogP contribution in [0.4, 0.5) is 9.59 Å². The lowest BCUT2D eigenvalue weighted by molar-refractivity contribution is -0.176. The highest BCUT2D eigenvalue weighted by Crippen LogP contribution is 2.21. The van der Waals surface area contributed by atoms with Gasteiger partial charge in [-0.15, -0.1) is 0 Å². The van der Waals surface area contributed by atoms with Crippen molar-refractivity contribution in [3.05, 3.63) is 0 Å². The molecule has 29 heavy (non-hydrogen) atoms. The maximum atomic E-state index is 12.5. The van der Waals surface area contributed by atoms with Gasteiger partial charge in [0.1, 0.15) is 6.10 Å². The molecule has 10 nitrogen and oxygen atoms in total. The molecule has 0 rings (SSSR count). The zero-order chi connectivity index (χ0) is 22.2. The zero-order valence-electron chi connectivity index (χ0n) is 17.5. The van der Waals surface area contributed by atoms with Gasteiger partial charge in [-0.3, -0.25) is 9.59 Å². The fourth-order valence-corrected chi connectivity index (χ4v) is 2.63. The van der Waals surface area contributed by atoms with Crippen molar-refractivity contribution in [3.63, 3.8) is 0 Å². The number of esters is 1. The topological polar surface area (TPSA) is 135 Å². The molecule has 0 aromatic rings. The fourth-order valence-electron chi connectivity index (χ4n) is 2.63. The molecular weight excluding hydrogens is 388 g/mol. The summed E-state index contributed by atoms with van der Waals surface area (Å²) >= 11 is 0. The lowest BCUT2D eigenvalue weighted by Gasteiger charge is -2.23. The molecule has 0 aliphatic heterocycles. The molecular formula is C19H32O10. The van der Waals surface area contributed by atoms with E-state index in [1.165, 1.54) is 14.0 Å².